The molecule has 1 aromatic carbocycles. The van der Waals surface area contributed by atoms with Gasteiger partial charge in [0.05, 0.1) is 11.1 Å². The van der Waals surface area contributed by atoms with Crippen molar-refractivity contribution in [3.8, 4) is 0 Å². The molecule has 0 spiro atoms. The highest BCUT2D eigenvalue weighted by Gasteiger charge is 2.24. The van der Waals surface area contributed by atoms with Crippen molar-refractivity contribution in [3.05, 3.63) is 33.3 Å². The molecule has 0 heterocycles. The van der Waals surface area contributed by atoms with E-state index in [-0.39, 0.29) is 6.10 Å². The van der Waals surface area contributed by atoms with Gasteiger partial charge < -0.3 is 5.11 Å². The van der Waals surface area contributed by atoms with Crippen molar-refractivity contribution in [2.24, 2.45) is 5.92 Å². The van der Waals surface area contributed by atoms with Crippen LogP contribution >= 0.6 is 27.5 Å². The zero-order valence-electron chi connectivity index (χ0n) is 8.42. The predicted molar refractivity (Wildman–Crippen MR) is 66.1 cm³/mol. The lowest BCUT2D eigenvalue weighted by Gasteiger charge is -2.18. The van der Waals surface area contributed by atoms with E-state index in [0.717, 1.165) is 22.9 Å². The molecule has 1 fully saturated rings. The van der Waals surface area contributed by atoms with Gasteiger partial charge in [-0.25, -0.2) is 0 Å². The van der Waals surface area contributed by atoms with Crippen molar-refractivity contribution in [3.63, 3.8) is 0 Å². The van der Waals surface area contributed by atoms with E-state index in [1.807, 2.05) is 18.2 Å². The molecule has 1 nitrogen and oxygen atoms in total. The molecule has 1 aromatic rings. The maximum Gasteiger partial charge on any atom is 0.0818 e. The number of hydrogen-bond acceptors (Lipinski definition) is 1. The summed E-state index contributed by atoms with van der Waals surface area (Å²) in [7, 11) is 0. The van der Waals surface area contributed by atoms with Gasteiger partial charge in [0.15, 0.2) is 0 Å². The molecule has 1 unspecified atom stereocenters. The van der Waals surface area contributed by atoms with Crippen LogP contribution in [-0.2, 0) is 0 Å². The van der Waals surface area contributed by atoms with E-state index < -0.39 is 0 Å². The molecule has 1 aliphatic rings. The molecule has 0 bridgehead atoms. The Balaban J connectivity index is 2.17. The van der Waals surface area contributed by atoms with Crippen LogP contribution in [-0.4, -0.2) is 5.11 Å². The average molecular weight is 290 g/mol. The average Bonchev–Trinajstić information content (AvgIpc) is 2.74. The van der Waals surface area contributed by atoms with Gasteiger partial charge in [0.2, 0.25) is 0 Å². The van der Waals surface area contributed by atoms with Crippen molar-refractivity contribution in [1.29, 1.82) is 0 Å². The third-order valence-corrected chi connectivity index (χ3v) is 4.36. The van der Waals surface area contributed by atoms with E-state index in [0.29, 0.717) is 10.9 Å². The van der Waals surface area contributed by atoms with Crippen LogP contribution in [0.15, 0.2) is 22.7 Å². The van der Waals surface area contributed by atoms with Gasteiger partial charge in [-0.1, -0.05) is 30.5 Å². The summed E-state index contributed by atoms with van der Waals surface area (Å²) in [6.07, 6.45) is 4.40. The van der Waals surface area contributed by atoms with Gasteiger partial charge in [0, 0.05) is 4.47 Å². The molecule has 82 valence electrons. The number of halogens is 2. The van der Waals surface area contributed by atoms with Crippen LogP contribution in [0.2, 0.25) is 5.02 Å². The summed E-state index contributed by atoms with van der Waals surface area (Å²) in [5.74, 6) is 0.419. The fourth-order valence-corrected chi connectivity index (χ4v) is 2.68. The fourth-order valence-electron chi connectivity index (χ4n) is 2.24. The highest BCUT2D eigenvalue weighted by molar-refractivity contribution is 9.10. The first-order valence-electron chi connectivity index (χ1n) is 5.31. The summed E-state index contributed by atoms with van der Waals surface area (Å²) < 4.78 is 0.881. The van der Waals surface area contributed by atoms with Gasteiger partial charge in [-0.15, -0.1) is 0 Å². The Morgan fingerprint density at radius 1 is 1.33 bits per heavy atom. The summed E-state index contributed by atoms with van der Waals surface area (Å²) in [6, 6.07) is 5.70. The maximum atomic E-state index is 10.2. The lowest BCUT2D eigenvalue weighted by molar-refractivity contribution is 0.111. The predicted octanol–water partition coefficient (Wildman–Crippen LogP) is 4.33. The standard InChI is InChI=1S/C12H14BrClO/c13-10-6-5-9(7-11(10)14)12(15)8-3-1-2-4-8/h5-8,12,15H,1-4H2. The zero-order chi connectivity index (χ0) is 10.8. The number of rotatable bonds is 2. The Labute approximate surface area is 104 Å². The van der Waals surface area contributed by atoms with E-state index in [4.69, 9.17) is 11.6 Å². The van der Waals surface area contributed by atoms with Crippen molar-refractivity contribution in [2.45, 2.75) is 31.8 Å². The topological polar surface area (TPSA) is 20.2 Å². The molecule has 15 heavy (non-hydrogen) atoms. The molecular weight excluding hydrogens is 275 g/mol. The van der Waals surface area contributed by atoms with Crippen LogP contribution in [0.1, 0.15) is 37.4 Å². The summed E-state index contributed by atoms with van der Waals surface area (Å²) >= 11 is 9.36. The summed E-state index contributed by atoms with van der Waals surface area (Å²) in [4.78, 5) is 0. The van der Waals surface area contributed by atoms with Gasteiger partial charge in [-0.05, 0) is 52.4 Å². The summed E-state index contributed by atoms with van der Waals surface area (Å²) in [6.45, 7) is 0. The third-order valence-electron chi connectivity index (χ3n) is 3.13. The van der Waals surface area contributed by atoms with Crippen LogP contribution in [0.4, 0.5) is 0 Å². The van der Waals surface area contributed by atoms with E-state index >= 15 is 0 Å². The molecule has 0 radical (unpaired) electrons. The van der Waals surface area contributed by atoms with Gasteiger partial charge in [0.1, 0.15) is 0 Å². The minimum atomic E-state index is -0.349. The van der Waals surface area contributed by atoms with Gasteiger partial charge in [-0.2, -0.15) is 0 Å². The number of hydrogen-bond donors (Lipinski definition) is 1. The second kappa shape index (κ2) is 4.86. The van der Waals surface area contributed by atoms with Crippen molar-refractivity contribution >= 4 is 27.5 Å². The zero-order valence-corrected chi connectivity index (χ0v) is 10.8. The fraction of sp³-hybridized carbons (Fsp3) is 0.500. The summed E-state index contributed by atoms with van der Waals surface area (Å²) in [5.41, 5.74) is 0.940. The Kier molecular flexibility index (Phi) is 3.70. The molecule has 3 heteroatoms. The van der Waals surface area contributed by atoms with Crippen molar-refractivity contribution in [1.82, 2.24) is 0 Å². The molecule has 1 atom stereocenters. The minimum Gasteiger partial charge on any atom is -0.388 e. The van der Waals surface area contributed by atoms with Crippen LogP contribution in [0.5, 0.6) is 0 Å². The molecule has 1 N–H and O–H groups in total. The maximum absolute atomic E-state index is 10.2. The second-order valence-corrected chi connectivity index (χ2v) is 5.42. The molecule has 1 saturated carbocycles. The monoisotopic (exact) mass is 288 g/mol. The normalized spacial score (nSPS) is 19.4. The summed E-state index contributed by atoms with van der Waals surface area (Å²) in [5, 5.41) is 10.8. The third kappa shape index (κ3) is 2.55. The van der Waals surface area contributed by atoms with Gasteiger partial charge in [-0.3, -0.25) is 0 Å². The Hall–Kier alpha value is -0.0500. The van der Waals surface area contributed by atoms with Gasteiger partial charge >= 0.3 is 0 Å². The number of aliphatic hydroxyl groups excluding tert-OH is 1. The molecule has 0 amide bonds. The van der Waals surface area contributed by atoms with E-state index in [1.165, 1.54) is 12.8 Å². The molecule has 2 rings (SSSR count). The van der Waals surface area contributed by atoms with Crippen LogP contribution in [0, 0.1) is 5.92 Å². The van der Waals surface area contributed by atoms with Crippen molar-refractivity contribution in [2.75, 3.05) is 0 Å². The largest absolute Gasteiger partial charge is 0.388 e. The lowest BCUT2D eigenvalue weighted by Crippen LogP contribution is -2.08. The Morgan fingerprint density at radius 2 is 2.00 bits per heavy atom. The molecule has 0 saturated heterocycles. The molecular formula is C12H14BrClO. The molecule has 0 aliphatic heterocycles. The second-order valence-electron chi connectivity index (χ2n) is 4.16. The smallest absolute Gasteiger partial charge is 0.0818 e. The molecule has 1 aliphatic carbocycles. The first-order valence-corrected chi connectivity index (χ1v) is 6.48. The van der Waals surface area contributed by atoms with Crippen molar-refractivity contribution < 1.29 is 5.11 Å². The number of benzene rings is 1. The quantitative estimate of drug-likeness (QED) is 0.859. The van der Waals surface area contributed by atoms with Crippen LogP contribution in [0.3, 0.4) is 0 Å². The highest BCUT2D eigenvalue weighted by atomic mass is 79.9. The van der Waals surface area contributed by atoms with Crippen LogP contribution < -0.4 is 0 Å². The SMILES string of the molecule is OC(c1ccc(Br)c(Cl)c1)C1CCCC1. The Morgan fingerprint density at radius 3 is 2.60 bits per heavy atom. The first kappa shape index (κ1) is 11.4. The van der Waals surface area contributed by atoms with E-state index in [9.17, 15) is 5.11 Å². The molecule has 0 aromatic heterocycles. The minimum absolute atomic E-state index is 0.349. The van der Waals surface area contributed by atoms with E-state index in [2.05, 4.69) is 15.9 Å². The van der Waals surface area contributed by atoms with Gasteiger partial charge in [0.25, 0.3) is 0 Å². The highest BCUT2D eigenvalue weighted by Crippen LogP contribution is 2.37. The lowest BCUT2D eigenvalue weighted by atomic mass is 9.94. The van der Waals surface area contributed by atoms with E-state index in [1.54, 1.807) is 0 Å². The van der Waals surface area contributed by atoms with Crippen LogP contribution in [0.25, 0.3) is 0 Å². The Bertz CT molecular complexity index is 347. The number of aliphatic hydroxyl groups is 1. The first-order chi connectivity index (χ1) is 7.18.